The molecular weight excluding hydrogens is 286 g/mol. The first-order valence-electron chi connectivity index (χ1n) is 4.78. The zero-order chi connectivity index (χ0) is 12.3. The van der Waals surface area contributed by atoms with Crippen molar-refractivity contribution >= 4 is 33.1 Å². The van der Waals surface area contributed by atoms with Crippen molar-refractivity contribution in [3.05, 3.63) is 57.2 Å². The smallest absolute Gasteiger partial charge is 0.269 e. The molecule has 1 heterocycles. The Bertz CT molecular complexity index is 525. The van der Waals surface area contributed by atoms with Gasteiger partial charge in [-0.2, -0.15) is 0 Å². The van der Waals surface area contributed by atoms with E-state index in [0.29, 0.717) is 5.82 Å². The van der Waals surface area contributed by atoms with Gasteiger partial charge in [0.1, 0.15) is 5.82 Å². The molecule has 0 aliphatic carbocycles. The number of pyridine rings is 1. The Balaban J connectivity index is 2.13. The summed E-state index contributed by atoms with van der Waals surface area (Å²) < 4.78 is 0.895. The van der Waals surface area contributed by atoms with Crippen molar-refractivity contribution in [2.24, 2.45) is 0 Å². The van der Waals surface area contributed by atoms with E-state index >= 15 is 0 Å². The van der Waals surface area contributed by atoms with Gasteiger partial charge in [0.25, 0.3) is 5.69 Å². The van der Waals surface area contributed by atoms with Gasteiger partial charge in [-0.3, -0.25) is 10.1 Å². The molecule has 6 heteroatoms. The summed E-state index contributed by atoms with van der Waals surface area (Å²) in [5, 5.41) is 13.5. The van der Waals surface area contributed by atoms with Crippen LogP contribution in [0.4, 0.5) is 17.2 Å². The van der Waals surface area contributed by atoms with Crippen LogP contribution < -0.4 is 5.32 Å². The van der Waals surface area contributed by atoms with Gasteiger partial charge in [0.2, 0.25) is 0 Å². The summed E-state index contributed by atoms with van der Waals surface area (Å²) in [5.74, 6) is 0.682. The molecule has 0 aliphatic heterocycles. The van der Waals surface area contributed by atoms with Gasteiger partial charge in [-0.1, -0.05) is 0 Å². The highest BCUT2D eigenvalue weighted by molar-refractivity contribution is 9.10. The van der Waals surface area contributed by atoms with E-state index in [1.165, 1.54) is 12.1 Å². The lowest BCUT2D eigenvalue weighted by Crippen LogP contribution is -1.93. The van der Waals surface area contributed by atoms with Crippen LogP contribution in [0.25, 0.3) is 0 Å². The lowest BCUT2D eigenvalue weighted by molar-refractivity contribution is -0.384. The Morgan fingerprint density at radius 2 is 1.88 bits per heavy atom. The number of nitrogens with one attached hydrogen (secondary N) is 1. The van der Waals surface area contributed by atoms with Gasteiger partial charge in [-0.25, -0.2) is 4.98 Å². The fourth-order valence-electron chi connectivity index (χ4n) is 1.26. The van der Waals surface area contributed by atoms with Crippen LogP contribution in [-0.2, 0) is 0 Å². The molecular formula is C11H8BrN3O2. The molecule has 1 aromatic carbocycles. The van der Waals surface area contributed by atoms with Crippen molar-refractivity contribution in [2.75, 3.05) is 5.32 Å². The molecule has 2 aromatic rings. The van der Waals surface area contributed by atoms with Crippen LogP contribution in [0.3, 0.4) is 0 Å². The summed E-state index contributed by atoms with van der Waals surface area (Å²) in [6, 6.07) is 9.85. The second-order valence-electron chi connectivity index (χ2n) is 3.29. The van der Waals surface area contributed by atoms with Crippen LogP contribution in [-0.4, -0.2) is 9.91 Å². The van der Waals surface area contributed by atoms with E-state index < -0.39 is 4.92 Å². The van der Waals surface area contributed by atoms with Crippen molar-refractivity contribution in [3.8, 4) is 0 Å². The van der Waals surface area contributed by atoms with E-state index in [1.54, 1.807) is 18.3 Å². The topological polar surface area (TPSA) is 68.1 Å². The van der Waals surface area contributed by atoms with Gasteiger partial charge in [0.05, 0.1) is 4.92 Å². The minimum atomic E-state index is -0.429. The molecule has 0 spiro atoms. The number of hydrogen-bond acceptors (Lipinski definition) is 4. The third-order valence-corrected chi connectivity index (χ3v) is 2.55. The number of halogens is 1. The van der Waals surface area contributed by atoms with E-state index in [4.69, 9.17) is 0 Å². The van der Waals surface area contributed by atoms with Crippen molar-refractivity contribution in [3.63, 3.8) is 0 Å². The van der Waals surface area contributed by atoms with Crippen molar-refractivity contribution in [1.82, 2.24) is 4.98 Å². The molecule has 1 N–H and O–H groups in total. The molecule has 0 atom stereocenters. The molecule has 0 aliphatic rings. The average Bonchev–Trinajstić information content (AvgIpc) is 2.33. The minimum Gasteiger partial charge on any atom is -0.340 e. The maximum Gasteiger partial charge on any atom is 0.269 e. The number of hydrogen-bond donors (Lipinski definition) is 1. The van der Waals surface area contributed by atoms with Crippen LogP contribution in [0.5, 0.6) is 0 Å². The first kappa shape index (κ1) is 11.5. The minimum absolute atomic E-state index is 0.0688. The summed E-state index contributed by atoms with van der Waals surface area (Å²) in [6.07, 6.45) is 1.67. The van der Waals surface area contributed by atoms with E-state index in [-0.39, 0.29) is 5.69 Å². The van der Waals surface area contributed by atoms with Crippen molar-refractivity contribution < 1.29 is 4.92 Å². The summed E-state index contributed by atoms with van der Waals surface area (Å²) >= 11 is 3.29. The Labute approximate surface area is 106 Å². The predicted octanol–water partition coefficient (Wildman–Crippen LogP) is 3.50. The Hall–Kier alpha value is -1.95. The second-order valence-corrected chi connectivity index (χ2v) is 4.21. The molecule has 5 nitrogen and oxygen atoms in total. The molecule has 17 heavy (non-hydrogen) atoms. The predicted molar refractivity (Wildman–Crippen MR) is 68.3 cm³/mol. The average molecular weight is 294 g/mol. The van der Waals surface area contributed by atoms with Gasteiger partial charge in [-0.15, -0.1) is 0 Å². The highest BCUT2D eigenvalue weighted by Crippen LogP contribution is 2.19. The molecule has 0 saturated heterocycles. The lowest BCUT2D eigenvalue weighted by atomic mass is 10.3. The first-order chi connectivity index (χ1) is 8.15. The number of aromatic nitrogens is 1. The van der Waals surface area contributed by atoms with Crippen molar-refractivity contribution in [1.29, 1.82) is 0 Å². The highest BCUT2D eigenvalue weighted by atomic mass is 79.9. The molecule has 0 bridgehead atoms. The highest BCUT2D eigenvalue weighted by Gasteiger charge is 2.03. The number of non-ortho nitro benzene ring substituents is 1. The number of nitro groups is 1. The molecule has 0 saturated carbocycles. The maximum atomic E-state index is 10.5. The molecule has 2 rings (SSSR count). The Morgan fingerprint density at radius 1 is 1.18 bits per heavy atom. The fraction of sp³-hybridized carbons (Fsp3) is 0. The molecule has 0 fully saturated rings. The molecule has 0 radical (unpaired) electrons. The summed E-state index contributed by atoms with van der Waals surface area (Å²) in [7, 11) is 0. The normalized spacial score (nSPS) is 9.94. The van der Waals surface area contributed by atoms with Crippen LogP contribution in [0.1, 0.15) is 0 Å². The van der Waals surface area contributed by atoms with E-state index in [2.05, 4.69) is 26.2 Å². The van der Waals surface area contributed by atoms with Gasteiger partial charge in [0.15, 0.2) is 0 Å². The quantitative estimate of drug-likeness (QED) is 0.695. The number of anilines is 2. The number of nitrogens with zero attached hydrogens (tertiary/aromatic N) is 2. The zero-order valence-electron chi connectivity index (χ0n) is 8.63. The summed E-state index contributed by atoms with van der Waals surface area (Å²) in [5.41, 5.74) is 0.824. The van der Waals surface area contributed by atoms with Gasteiger partial charge < -0.3 is 5.32 Å². The SMILES string of the molecule is O=[N+]([O-])c1ccc(Nc2ccc(Br)cn2)cc1. The van der Waals surface area contributed by atoms with Gasteiger partial charge in [0, 0.05) is 28.5 Å². The van der Waals surface area contributed by atoms with E-state index in [0.717, 1.165) is 10.2 Å². The Morgan fingerprint density at radius 3 is 2.41 bits per heavy atom. The summed E-state index contributed by atoms with van der Waals surface area (Å²) in [4.78, 5) is 14.2. The first-order valence-corrected chi connectivity index (χ1v) is 5.57. The fourth-order valence-corrected chi connectivity index (χ4v) is 1.50. The maximum absolute atomic E-state index is 10.5. The Kier molecular flexibility index (Phi) is 3.34. The lowest BCUT2D eigenvalue weighted by Gasteiger charge is -2.04. The number of rotatable bonds is 3. The molecule has 0 amide bonds. The van der Waals surface area contributed by atoms with E-state index in [9.17, 15) is 10.1 Å². The van der Waals surface area contributed by atoms with E-state index in [1.807, 2.05) is 12.1 Å². The molecule has 0 unspecified atom stereocenters. The largest absolute Gasteiger partial charge is 0.340 e. The van der Waals surface area contributed by atoms with Gasteiger partial charge in [-0.05, 0) is 40.2 Å². The second kappa shape index (κ2) is 4.92. The summed E-state index contributed by atoms with van der Waals surface area (Å²) in [6.45, 7) is 0. The van der Waals surface area contributed by atoms with Crippen LogP contribution in [0, 0.1) is 10.1 Å². The third-order valence-electron chi connectivity index (χ3n) is 2.08. The number of nitro benzene ring substituents is 1. The standard InChI is InChI=1S/C11H8BrN3O2/c12-8-1-6-11(13-7-8)14-9-2-4-10(5-3-9)15(16)17/h1-7H,(H,13,14). The molecule has 86 valence electrons. The van der Waals surface area contributed by atoms with Crippen LogP contribution in [0.2, 0.25) is 0 Å². The zero-order valence-corrected chi connectivity index (χ0v) is 10.2. The van der Waals surface area contributed by atoms with Crippen molar-refractivity contribution in [2.45, 2.75) is 0 Å². The third kappa shape index (κ3) is 3.01. The van der Waals surface area contributed by atoms with Crippen LogP contribution >= 0.6 is 15.9 Å². The van der Waals surface area contributed by atoms with Gasteiger partial charge >= 0.3 is 0 Å². The molecule has 1 aromatic heterocycles. The van der Waals surface area contributed by atoms with Crippen LogP contribution in [0.15, 0.2) is 47.1 Å². The number of benzene rings is 1. The monoisotopic (exact) mass is 293 g/mol.